The second-order valence-corrected chi connectivity index (χ2v) is 7.02. The number of hydrogen-bond donors (Lipinski definition) is 0. The van der Waals surface area contributed by atoms with E-state index in [1.54, 1.807) is 4.31 Å². The number of aryl methyl sites for hydroxylation is 1. The summed E-state index contributed by atoms with van der Waals surface area (Å²) in [6.07, 6.45) is 5.54. The van der Waals surface area contributed by atoms with E-state index in [1.807, 2.05) is 36.9 Å². The Hall–Kier alpha value is -0.810. The highest BCUT2D eigenvalue weighted by Crippen LogP contribution is 2.34. The molecule has 1 atom stereocenters. The lowest BCUT2D eigenvalue weighted by Crippen LogP contribution is -2.33. The van der Waals surface area contributed by atoms with Crippen molar-refractivity contribution in [1.82, 2.24) is 8.87 Å². The van der Waals surface area contributed by atoms with E-state index in [2.05, 4.69) is 0 Å². The Balaban J connectivity index is 2.20. The zero-order valence-corrected chi connectivity index (χ0v) is 12.0. The molecule has 0 radical (unpaired) electrons. The van der Waals surface area contributed by atoms with Gasteiger partial charge in [-0.05, 0) is 31.4 Å². The summed E-state index contributed by atoms with van der Waals surface area (Å²) in [5, 5.41) is 0. The Morgan fingerprint density at radius 1 is 1.44 bits per heavy atom. The third-order valence-electron chi connectivity index (χ3n) is 3.64. The first-order valence-electron chi connectivity index (χ1n) is 6.67. The first-order valence-corrected chi connectivity index (χ1v) is 8.28. The van der Waals surface area contributed by atoms with Crippen molar-refractivity contribution in [3.63, 3.8) is 0 Å². The van der Waals surface area contributed by atoms with E-state index in [4.69, 9.17) is 0 Å². The van der Waals surface area contributed by atoms with Crippen molar-refractivity contribution in [2.45, 2.75) is 38.6 Å². The van der Waals surface area contributed by atoms with Gasteiger partial charge in [-0.25, -0.2) is 8.42 Å². The SMILES string of the molecule is CCCCS(=O)(=O)N1CCC[C@H]1c1cccn1C. The number of unbranched alkanes of at least 4 members (excludes halogenated alkanes) is 1. The highest BCUT2D eigenvalue weighted by Gasteiger charge is 2.35. The maximum Gasteiger partial charge on any atom is 0.214 e. The molecule has 2 heterocycles. The van der Waals surface area contributed by atoms with Crippen LogP contribution in [-0.4, -0.2) is 29.6 Å². The zero-order valence-electron chi connectivity index (χ0n) is 11.2. The minimum Gasteiger partial charge on any atom is -0.353 e. The molecular weight excluding hydrogens is 248 g/mol. The van der Waals surface area contributed by atoms with Gasteiger partial charge in [0.05, 0.1) is 11.8 Å². The van der Waals surface area contributed by atoms with Crippen LogP contribution in [0, 0.1) is 0 Å². The molecule has 1 fully saturated rings. The predicted octanol–water partition coefficient (Wildman–Crippen LogP) is 2.29. The number of rotatable bonds is 5. The van der Waals surface area contributed by atoms with Gasteiger partial charge in [0, 0.05) is 25.5 Å². The van der Waals surface area contributed by atoms with Crippen molar-refractivity contribution in [2.24, 2.45) is 7.05 Å². The monoisotopic (exact) mass is 270 g/mol. The van der Waals surface area contributed by atoms with Crippen molar-refractivity contribution in [2.75, 3.05) is 12.3 Å². The lowest BCUT2D eigenvalue weighted by atomic mass is 10.1. The van der Waals surface area contributed by atoms with Crippen LogP contribution in [0.5, 0.6) is 0 Å². The lowest BCUT2D eigenvalue weighted by Gasteiger charge is -2.24. The molecule has 0 bridgehead atoms. The van der Waals surface area contributed by atoms with Crippen LogP contribution in [0.15, 0.2) is 18.3 Å². The van der Waals surface area contributed by atoms with Crippen LogP contribution in [-0.2, 0) is 17.1 Å². The fraction of sp³-hybridized carbons (Fsp3) is 0.692. The third kappa shape index (κ3) is 2.62. The normalized spacial score (nSPS) is 21.6. The summed E-state index contributed by atoms with van der Waals surface area (Å²) in [6.45, 7) is 2.69. The molecule has 0 aliphatic carbocycles. The number of nitrogens with zero attached hydrogens (tertiary/aromatic N) is 2. The number of sulfonamides is 1. The quantitative estimate of drug-likeness (QED) is 0.824. The average Bonchev–Trinajstić information content (AvgIpc) is 2.94. The first-order chi connectivity index (χ1) is 8.56. The second kappa shape index (κ2) is 5.45. The molecule has 1 aromatic heterocycles. The largest absolute Gasteiger partial charge is 0.353 e. The van der Waals surface area contributed by atoms with Crippen LogP contribution in [0.2, 0.25) is 0 Å². The number of hydrogen-bond acceptors (Lipinski definition) is 2. The standard InChI is InChI=1S/C13H22N2O2S/c1-3-4-11-18(16,17)15-10-6-8-13(15)12-7-5-9-14(12)2/h5,7,9,13H,3-4,6,8,10-11H2,1-2H3/t13-/m0/s1. The van der Waals surface area contributed by atoms with Crippen LogP contribution in [0.1, 0.15) is 44.3 Å². The Morgan fingerprint density at radius 3 is 2.83 bits per heavy atom. The summed E-state index contributed by atoms with van der Waals surface area (Å²) < 4.78 is 28.4. The molecule has 1 saturated heterocycles. The van der Waals surface area contributed by atoms with Gasteiger partial charge < -0.3 is 4.57 Å². The summed E-state index contributed by atoms with van der Waals surface area (Å²) in [4.78, 5) is 0. The Bertz CT molecular complexity index is 493. The van der Waals surface area contributed by atoms with E-state index in [0.717, 1.165) is 31.4 Å². The second-order valence-electron chi connectivity index (χ2n) is 4.98. The van der Waals surface area contributed by atoms with E-state index in [-0.39, 0.29) is 11.8 Å². The van der Waals surface area contributed by atoms with E-state index in [1.165, 1.54) is 0 Å². The first kappa shape index (κ1) is 13.6. The van der Waals surface area contributed by atoms with Crippen LogP contribution in [0.3, 0.4) is 0 Å². The van der Waals surface area contributed by atoms with E-state index in [0.29, 0.717) is 6.54 Å². The Morgan fingerprint density at radius 2 is 2.22 bits per heavy atom. The summed E-state index contributed by atoms with van der Waals surface area (Å²) in [7, 11) is -1.12. The van der Waals surface area contributed by atoms with Crippen molar-refractivity contribution in [3.8, 4) is 0 Å². The summed E-state index contributed by atoms with van der Waals surface area (Å²) >= 11 is 0. The molecule has 0 N–H and O–H groups in total. The van der Waals surface area contributed by atoms with Crippen molar-refractivity contribution >= 4 is 10.0 Å². The summed E-state index contributed by atoms with van der Waals surface area (Å²) in [5.74, 6) is 0.282. The van der Waals surface area contributed by atoms with Crippen LogP contribution in [0.25, 0.3) is 0 Å². The molecule has 0 unspecified atom stereocenters. The fourth-order valence-electron chi connectivity index (χ4n) is 2.63. The van der Waals surface area contributed by atoms with Gasteiger partial charge in [0.2, 0.25) is 10.0 Å². The molecule has 1 aromatic rings. The maximum absolute atomic E-state index is 12.3. The third-order valence-corrected chi connectivity index (χ3v) is 5.60. The van der Waals surface area contributed by atoms with Gasteiger partial charge in [-0.2, -0.15) is 4.31 Å². The molecule has 1 aliphatic heterocycles. The van der Waals surface area contributed by atoms with Gasteiger partial charge >= 0.3 is 0 Å². The average molecular weight is 270 g/mol. The molecular formula is C13H22N2O2S. The summed E-state index contributed by atoms with van der Waals surface area (Å²) in [5.41, 5.74) is 1.10. The van der Waals surface area contributed by atoms with Crippen molar-refractivity contribution < 1.29 is 8.42 Å². The molecule has 18 heavy (non-hydrogen) atoms. The van der Waals surface area contributed by atoms with Gasteiger partial charge in [0.1, 0.15) is 0 Å². The van der Waals surface area contributed by atoms with Gasteiger partial charge in [-0.3, -0.25) is 0 Å². The Kier molecular flexibility index (Phi) is 4.12. The van der Waals surface area contributed by atoms with Crippen LogP contribution < -0.4 is 0 Å². The Labute approximate surface area is 110 Å². The highest BCUT2D eigenvalue weighted by atomic mass is 32.2. The van der Waals surface area contributed by atoms with Gasteiger partial charge in [-0.1, -0.05) is 13.3 Å². The highest BCUT2D eigenvalue weighted by molar-refractivity contribution is 7.89. The molecule has 4 nitrogen and oxygen atoms in total. The molecule has 2 rings (SSSR count). The van der Waals surface area contributed by atoms with Gasteiger partial charge in [-0.15, -0.1) is 0 Å². The lowest BCUT2D eigenvalue weighted by molar-refractivity contribution is 0.383. The zero-order chi connectivity index (χ0) is 13.2. The fourth-order valence-corrected chi connectivity index (χ4v) is 4.53. The van der Waals surface area contributed by atoms with Gasteiger partial charge in [0.25, 0.3) is 0 Å². The molecule has 0 aromatic carbocycles. The van der Waals surface area contributed by atoms with E-state index in [9.17, 15) is 8.42 Å². The maximum atomic E-state index is 12.3. The van der Waals surface area contributed by atoms with Crippen LogP contribution >= 0.6 is 0 Å². The van der Waals surface area contributed by atoms with Crippen molar-refractivity contribution in [1.29, 1.82) is 0 Å². The summed E-state index contributed by atoms with van der Waals surface area (Å²) in [6, 6.07) is 4.04. The molecule has 102 valence electrons. The van der Waals surface area contributed by atoms with Crippen molar-refractivity contribution in [3.05, 3.63) is 24.0 Å². The number of aromatic nitrogens is 1. The smallest absolute Gasteiger partial charge is 0.214 e. The molecule has 1 aliphatic rings. The minimum absolute atomic E-state index is 0.0341. The van der Waals surface area contributed by atoms with Crippen LogP contribution in [0.4, 0.5) is 0 Å². The molecule has 0 spiro atoms. The molecule has 5 heteroatoms. The molecule has 0 amide bonds. The predicted molar refractivity (Wildman–Crippen MR) is 72.8 cm³/mol. The van der Waals surface area contributed by atoms with E-state index < -0.39 is 10.0 Å². The van der Waals surface area contributed by atoms with Gasteiger partial charge in [0.15, 0.2) is 0 Å². The minimum atomic E-state index is -3.09. The topological polar surface area (TPSA) is 42.3 Å². The molecule has 0 saturated carbocycles. The van der Waals surface area contributed by atoms with E-state index >= 15 is 0 Å².